The van der Waals surface area contributed by atoms with Gasteiger partial charge in [0.15, 0.2) is 0 Å². The van der Waals surface area contributed by atoms with Gasteiger partial charge in [0.05, 0.1) is 0 Å². The Labute approximate surface area is 123 Å². The van der Waals surface area contributed by atoms with Gasteiger partial charge < -0.3 is 9.73 Å². The monoisotopic (exact) mass is 307 g/mol. The summed E-state index contributed by atoms with van der Waals surface area (Å²) in [5.74, 6) is 0.291. The van der Waals surface area contributed by atoms with Crippen LogP contribution in [0.25, 0.3) is 11.0 Å². The Morgan fingerprint density at radius 3 is 2.50 bits per heavy atom. The van der Waals surface area contributed by atoms with Crippen LogP contribution in [0.5, 0.6) is 0 Å². The van der Waals surface area contributed by atoms with Gasteiger partial charge in [0.1, 0.15) is 15.9 Å². The highest BCUT2D eigenvalue weighted by Crippen LogP contribution is 2.21. The summed E-state index contributed by atoms with van der Waals surface area (Å²) >= 11 is 11.6. The van der Waals surface area contributed by atoms with Gasteiger partial charge in [0.25, 0.3) is 0 Å². The van der Waals surface area contributed by atoms with E-state index in [1.165, 1.54) is 12.1 Å². The topological polar surface area (TPSA) is 68.0 Å². The molecular weight excluding hydrogens is 301 g/mol. The fraction of sp³-hybridized carbons (Fsp3) is 0. The predicted molar refractivity (Wildman–Crippen MR) is 77.8 cm³/mol. The number of benzene rings is 1. The van der Waals surface area contributed by atoms with E-state index in [1.54, 1.807) is 24.3 Å². The zero-order chi connectivity index (χ0) is 14.1. The van der Waals surface area contributed by atoms with Crippen LogP contribution in [0.4, 0.5) is 11.6 Å². The second kappa shape index (κ2) is 5.11. The number of fused-ring (bicyclic) bond motifs is 1. The molecule has 0 atom stereocenters. The van der Waals surface area contributed by atoms with Gasteiger partial charge in [-0.1, -0.05) is 23.2 Å². The van der Waals surface area contributed by atoms with Gasteiger partial charge in [0, 0.05) is 23.2 Å². The number of hydrogen-bond acceptors (Lipinski definition) is 5. The van der Waals surface area contributed by atoms with Crippen LogP contribution in [0.3, 0.4) is 0 Å². The van der Waals surface area contributed by atoms with Crippen molar-refractivity contribution < 1.29 is 4.42 Å². The Morgan fingerprint density at radius 1 is 1.00 bits per heavy atom. The molecule has 5 nitrogen and oxygen atoms in total. The van der Waals surface area contributed by atoms with Crippen molar-refractivity contribution in [3.63, 3.8) is 0 Å². The Morgan fingerprint density at radius 2 is 1.75 bits per heavy atom. The number of halogens is 2. The lowest BCUT2D eigenvalue weighted by Crippen LogP contribution is -1.98. The Balaban J connectivity index is 1.98. The maximum absolute atomic E-state index is 11.1. The minimum atomic E-state index is -0.386. The lowest BCUT2D eigenvalue weighted by atomic mass is 10.2. The first-order valence-corrected chi connectivity index (χ1v) is 6.37. The molecule has 0 aliphatic heterocycles. The van der Waals surface area contributed by atoms with Gasteiger partial charge in [-0.3, -0.25) is 0 Å². The maximum atomic E-state index is 11.1. The summed E-state index contributed by atoms with van der Waals surface area (Å²) in [4.78, 5) is 19.1. The summed E-state index contributed by atoms with van der Waals surface area (Å²) in [7, 11) is 0. The first kappa shape index (κ1) is 12.9. The average molecular weight is 308 g/mol. The van der Waals surface area contributed by atoms with Gasteiger partial charge in [0.2, 0.25) is 5.95 Å². The number of nitrogens with one attached hydrogen (secondary N) is 1. The van der Waals surface area contributed by atoms with E-state index in [0.29, 0.717) is 11.5 Å². The van der Waals surface area contributed by atoms with Crippen molar-refractivity contribution >= 4 is 45.8 Å². The predicted octanol–water partition coefficient (Wildman–Crippen LogP) is 3.63. The Kier molecular flexibility index (Phi) is 3.30. The van der Waals surface area contributed by atoms with Crippen molar-refractivity contribution in [1.82, 2.24) is 9.97 Å². The molecule has 0 amide bonds. The van der Waals surface area contributed by atoms with Gasteiger partial charge >= 0.3 is 5.63 Å². The van der Waals surface area contributed by atoms with E-state index < -0.39 is 0 Å². The van der Waals surface area contributed by atoms with Crippen molar-refractivity contribution in [2.45, 2.75) is 0 Å². The average Bonchev–Trinajstić information content (AvgIpc) is 2.38. The van der Waals surface area contributed by atoms with E-state index in [2.05, 4.69) is 15.3 Å². The summed E-state index contributed by atoms with van der Waals surface area (Å²) in [6.07, 6.45) is 0. The number of aromatic nitrogens is 2. The summed E-state index contributed by atoms with van der Waals surface area (Å²) < 4.78 is 5.05. The minimum Gasteiger partial charge on any atom is -0.423 e. The third kappa shape index (κ3) is 2.74. The summed E-state index contributed by atoms with van der Waals surface area (Å²) in [6, 6.07) is 9.71. The van der Waals surface area contributed by atoms with Crippen molar-refractivity contribution in [2.24, 2.45) is 0 Å². The maximum Gasteiger partial charge on any atom is 0.336 e. The molecule has 100 valence electrons. The highest BCUT2D eigenvalue weighted by atomic mass is 35.5. The first-order chi connectivity index (χ1) is 9.60. The van der Waals surface area contributed by atoms with Crippen LogP contribution >= 0.6 is 23.2 Å². The Bertz CT molecular complexity index is 828. The molecule has 0 radical (unpaired) electrons. The van der Waals surface area contributed by atoms with E-state index in [0.717, 1.165) is 11.1 Å². The molecule has 1 N–H and O–H groups in total. The molecule has 0 spiro atoms. The molecule has 20 heavy (non-hydrogen) atoms. The molecule has 7 heteroatoms. The molecular formula is C13H7Cl2N3O2. The summed E-state index contributed by atoms with van der Waals surface area (Å²) in [5.41, 5.74) is 0.848. The highest BCUT2D eigenvalue weighted by Gasteiger charge is 2.04. The molecule has 0 saturated carbocycles. The second-order valence-corrected chi connectivity index (χ2v) is 4.74. The first-order valence-electron chi connectivity index (χ1n) is 5.61. The van der Waals surface area contributed by atoms with E-state index in [4.69, 9.17) is 27.6 Å². The van der Waals surface area contributed by atoms with Crippen LogP contribution in [-0.2, 0) is 0 Å². The molecule has 0 unspecified atom stereocenters. The number of nitrogens with zero attached hydrogens (tertiary/aromatic N) is 2. The van der Waals surface area contributed by atoms with E-state index in [1.807, 2.05) is 0 Å². The van der Waals surface area contributed by atoms with Crippen LogP contribution in [0, 0.1) is 0 Å². The van der Waals surface area contributed by atoms with Gasteiger partial charge in [-0.2, -0.15) is 0 Å². The molecule has 3 rings (SSSR count). The molecule has 0 bridgehead atoms. The van der Waals surface area contributed by atoms with Crippen LogP contribution in [0.1, 0.15) is 0 Å². The fourth-order valence-electron chi connectivity index (χ4n) is 1.72. The summed E-state index contributed by atoms with van der Waals surface area (Å²) in [6.45, 7) is 0. The van der Waals surface area contributed by atoms with Gasteiger partial charge in [-0.05, 0) is 24.3 Å². The molecule has 0 fully saturated rings. The molecule has 0 saturated heterocycles. The minimum absolute atomic E-state index is 0.249. The normalized spacial score (nSPS) is 10.7. The zero-order valence-electron chi connectivity index (χ0n) is 9.93. The van der Waals surface area contributed by atoms with Crippen molar-refractivity contribution in [3.05, 3.63) is 57.1 Å². The second-order valence-electron chi connectivity index (χ2n) is 3.97. The third-order valence-corrected chi connectivity index (χ3v) is 2.93. The number of anilines is 2. The van der Waals surface area contributed by atoms with Crippen molar-refractivity contribution in [3.8, 4) is 0 Å². The molecule has 0 aliphatic carbocycles. The lowest BCUT2D eigenvalue weighted by molar-refractivity contribution is 0.561. The van der Waals surface area contributed by atoms with Crippen molar-refractivity contribution in [1.29, 1.82) is 0 Å². The lowest BCUT2D eigenvalue weighted by Gasteiger charge is -2.06. The van der Waals surface area contributed by atoms with Crippen LogP contribution in [0.15, 0.2) is 45.6 Å². The van der Waals surface area contributed by atoms with E-state index in [9.17, 15) is 4.79 Å². The van der Waals surface area contributed by atoms with E-state index in [-0.39, 0.29) is 15.9 Å². The molecule has 3 aromatic rings. The Hall–Kier alpha value is -2.11. The number of hydrogen-bond donors (Lipinski definition) is 1. The summed E-state index contributed by atoms with van der Waals surface area (Å²) in [5, 5.41) is 4.26. The van der Waals surface area contributed by atoms with Gasteiger partial charge in [-0.15, -0.1) is 0 Å². The van der Waals surface area contributed by atoms with E-state index >= 15 is 0 Å². The largest absolute Gasteiger partial charge is 0.423 e. The fourth-order valence-corrected chi connectivity index (χ4v) is 2.15. The zero-order valence-corrected chi connectivity index (χ0v) is 11.4. The van der Waals surface area contributed by atoms with Crippen LogP contribution in [-0.4, -0.2) is 9.97 Å². The van der Waals surface area contributed by atoms with Crippen LogP contribution < -0.4 is 10.9 Å². The third-order valence-electron chi connectivity index (χ3n) is 2.54. The smallest absolute Gasteiger partial charge is 0.336 e. The van der Waals surface area contributed by atoms with Crippen molar-refractivity contribution in [2.75, 3.05) is 5.32 Å². The molecule has 2 heterocycles. The quantitative estimate of drug-likeness (QED) is 0.578. The highest BCUT2D eigenvalue weighted by molar-refractivity contribution is 6.33. The van der Waals surface area contributed by atoms with Gasteiger partial charge in [-0.25, -0.2) is 14.8 Å². The molecule has 2 aromatic heterocycles. The molecule has 1 aromatic carbocycles. The standard InChI is InChI=1S/C13H7Cl2N3O2/c14-10-6-11(15)18-13(17-10)16-8-2-3-9-7(5-8)1-4-12(19)20-9/h1-6H,(H,16,17,18). The van der Waals surface area contributed by atoms with Crippen LogP contribution in [0.2, 0.25) is 10.3 Å². The number of rotatable bonds is 2. The SMILES string of the molecule is O=c1ccc2cc(Nc3nc(Cl)cc(Cl)n3)ccc2o1. The molecule has 0 aliphatic rings.